The van der Waals surface area contributed by atoms with Gasteiger partial charge < -0.3 is 10.0 Å². The number of H-pyrrole nitrogens is 1. The topological polar surface area (TPSA) is 96.2 Å². The molecule has 91 valence electrons. The summed E-state index contributed by atoms with van der Waals surface area (Å²) in [6, 6.07) is 2.90. The van der Waals surface area contributed by atoms with Gasteiger partial charge >= 0.3 is 0 Å². The van der Waals surface area contributed by atoms with Gasteiger partial charge in [0.05, 0.1) is 11.9 Å². The molecule has 0 spiro atoms. The summed E-state index contributed by atoms with van der Waals surface area (Å²) >= 11 is 5.70. The lowest BCUT2D eigenvalue weighted by Crippen LogP contribution is -2.21. The maximum absolute atomic E-state index is 11.8. The van der Waals surface area contributed by atoms with Crippen LogP contribution in [0.1, 0.15) is 0 Å². The number of hydrogen-bond donors (Lipinski definition) is 2. The fourth-order valence-electron chi connectivity index (χ4n) is 1.74. The van der Waals surface area contributed by atoms with Gasteiger partial charge in [-0.25, -0.2) is 10.3 Å². The van der Waals surface area contributed by atoms with Gasteiger partial charge in [-0.05, 0) is 12.1 Å². The van der Waals surface area contributed by atoms with Crippen molar-refractivity contribution in [3.63, 3.8) is 0 Å². The van der Waals surface area contributed by atoms with Gasteiger partial charge in [0.1, 0.15) is 11.8 Å². The number of aromatic hydroxyl groups is 1. The van der Waals surface area contributed by atoms with Crippen LogP contribution < -0.4 is 15.8 Å². The first-order valence-electron chi connectivity index (χ1n) is 5.05. The van der Waals surface area contributed by atoms with E-state index in [0.717, 1.165) is 0 Å². The molecule has 2 N–H and O–H groups in total. The van der Waals surface area contributed by atoms with Gasteiger partial charge in [-0.3, -0.25) is 9.78 Å². The number of halogens is 1. The van der Waals surface area contributed by atoms with Crippen molar-refractivity contribution in [1.29, 1.82) is 0 Å². The first kappa shape index (κ1) is 10.8. The molecular formula is C10H7ClN5O2. The molecule has 0 unspecified atom stereocenters. The molecule has 1 aliphatic heterocycles. The summed E-state index contributed by atoms with van der Waals surface area (Å²) in [5, 5.41) is 13.6. The van der Waals surface area contributed by atoms with E-state index < -0.39 is 11.6 Å². The normalized spacial score (nSPS) is 13.3. The van der Waals surface area contributed by atoms with Gasteiger partial charge in [0.25, 0.3) is 11.6 Å². The molecule has 0 fully saturated rings. The molecule has 0 saturated carbocycles. The van der Waals surface area contributed by atoms with Crippen molar-refractivity contribution in [2.75, 3.05) is 11.6 Å². The molecule has 2 aromatic heterocycles. The van der Waals surface area contributed by atoms with Gasteiger partial charge in [-0.15, -0.1) is 0 Å². The van der Waals surface area contributed by atoms with Gasteiger partial charge in [0.15, 0.2) is 11.5 Å². The molecule has 1 aliphatic rings. The van der Waals surface area contributed by atoms with E-state index in [1.54, 1.807) is 23.2 Å². The van der Waals surface area contributed by atoms with Gasteiger partial charge in [-0.2, -0.15) is 4.98 Å². The smallest absolute Gasteiger partial charge is 0.296 e. The number of hydrogen-bond acceptors (Lipinski definition) is 5. The van der Waals surface area contributed by atoms with Crippen LogP contribution in [0.15, 0.2) is 23.1 Å². The maximum Gasteiger partial charge on any atom is 0.296 e. The fraction of sp³-hybridized carbons (Fsp3) is 0.100. The first-order valence-corrected chi connectivity index (χ1v) is 5.43. The number of aromatic nitrogens is 3. The molecule has 3 rings (SSSR count). The molecule has 0 aromatic carbocycles. The zero-order valence-corrected chi connectivity index (χ0v) is 9.72. The molecule has 0 bridgehead atoms. The van der Waals surface area contributed by atoms with Crippen LogP contribution >= 0.6 is 11.6 Å². The largest absolute Gasteiger partial charge is 0.480 e. The molecule has 18 heavy (non-hydrogen) atoms. The molecular weight excluding hydrogens is 258 g/mol. The monoisotopic (exact) mass is 264 g/mol. The van der Waals surface area contributed by atoms with Crippen LogP contribution in [0.25, 0.3) is 0 Å². The van der Waals surface area contributed by atoms with Crippen molar-refractivity contribution >= 4 is 28.8 Å². The van der Waals surface area contributed by atoms with Crippen LogP contribution in [-0.2, 0) is 0 Å². The molecule has 7 nitrogen and oxygen atoms in total. The highest BCUT2D eigenvalue weighted by atomic mass is 35.5. The molecule has 3 heterocycles. The summed E-state index contributed by atoms with van der Waals surface area (Å²) in [7, 11) is 0. The molecule has 2 aromatic rings. The molecule has 0 atom stereocenters. The van der Waals surface area contributed by atoms with E-state index in [4.69, 9.17) is 11.6 Å². The first-order chi connectivity index (χ1) is 8.65. The third-order valence-electron chi connectivity index (χ3n) is 2.52. The van der Waals surface area contributed by atoms with Gasteiger partial charge in [0.2, 0.25) is 0 Å². The summed E-state index contributed by atoms with van der Waals surface area (Å²) < 4.78 is 0. The molecule has 1 radical (unpaired) electrons. The molecule has 0 saturated heterocycles. The summed E-state index contributed by atoms with van der Waals surface area (Å²) in [6.07, 6.45) is 1.54. The number of pyridine rings is 1. The van der Waals surface area contributed by atoms with Crippen LogP contribution in [0.5, 0.6) is 6.01 Å². The minimum Gasteiger partial charge on any atom is -0.480 e. The van der Waals surface area contributed by atoms with Gasteiger partial charge in [0, 0.05) is 0 Å². The van der Waals surface area contributed by atoms with E-state index in [1.807, 2.05) is 0 Å². The second kappa shape index (κ2) is 3.88. The number of nitrogens with one attached hydrogen (secondary N) is 1. The Balaban J connectivity index is 2.10. The van der Waals surface area contributed by atoms with Crippen LogP contribution in [-0.4, -0.2) is 26.7 Å². The molecule has 0 aliphatic carbocycles. The highest BCUT2D eigenvalue weighted by molar-refractivity contribution is 6.29. The second-order valence-corrected chi connectivity index (χ2v) is 4.02. The molecule has 0 amide bonds. The number of aromatic amines is 1. The lowest BCUT2D eigenvalue weighted by molar-refractivity contribution is 0.429. The van der Waals surface area contributed by atoms with E-state index in [2.05, 4.69) is 20.3 Å². The van der Waals surface area contributed by atoms with E-state index >= 15 is 0 Å². The highest BCUT2D eigenvalue weighted by Crippen LogP contribution is 2.32. The predicted molar refractivity (Wildman–Crippen MR) is 64.6 cm³/mol. The number of nitrogens with zero attached hydrogens (tertiary/aromatic N) is 4. The quantitative estimate of drug-likeness (QED) is 0.745. The Kier molecular flexibility index (Phi) is 2.34. The third-order valence-corrected chi connectivity index (χ3v) is 2.74. The minimum absolute atomic E-state index is 0.214. The summed E-state index contributed by atoms with van der Waals surface area (Å²) in [6.45, 7) is 0.248. The van der Waals surface area contributed by atoms with Crippen LogP contribution in [0, 0.1) is 0 Å². The van der Waals surface area contributed by atoms with E-state index in [-0.39, 0.29) is 18.2 Å². The third kappa shape index (κ3) is 1.65. The Morgan fingerprint density at radius 1 is 1.44 bits per heavy atom. The minimum atomic E-state index is -0.450. The SMILES string of the molecule is O=c1[nH]c(O)nc2c1N(c1ccc(Cl)nc1)C[N]2. The number of anilines is 2. The Morgan fingerprint density at radius 3 is 3.00 bits per heavy atom. The Morgan fingerprint density at radius 2 is 2.28 bits per heavy atom. The fourth-order valence-corrected chi connectivity index (χ4v) is 1.86. The van der Waals surface area contributed by atoms with Gasteiger partial charge in [-0.1, -0.05) is 11.6 Å². The summed E-state index contributed by atoms with van der Waals surface area (Å²) in [5.74, 6) is 0.214. The predicted octanol–water partition coefficient (Wildman–Crippen LogP) is 0.869. The van der Waals surface area contributed by atoms with Crippen LogP contribution in [0.2, 0.25) is 5.15 Å². The van der Waals surface area contributed by atoms with Crippen molar-refractivity contribution in [1.82, 2.24) is 20.3 Å². The Labute approximate surface area is 106 Å². The lowest BCUT2D eigenvalue weighted by Gasteiger charge is -2.15. The number of fused-ring (bicyclic) bond motifs is 1. The average molecular weight is 265 g/mol. The average Bonchev–Trinajstić information content (AvgIpc) is 2.74. The lowest BCUT2D eigenvalue weighted by atomic mass is 10.3. The van der Waals surface area contributed by atoms with Crippen molar-refractivity contribution < 1.29 is 5.11 Å². The highest BCUT2D eigenvalue weighted by Gasteiger charge is 2.27. The molecule has 8 heteroatoms. The van der Waals surface area contributed by atoms with E-state index in [9.17, 15) is 9.90 Å². The van der Waals surface area contributed by atoms with Crippen molar-refractivity contribution in [2.24, 2.45) is 0 Å². The standard InChI is InChI=1S/C10H7ClN5O2/c11-6-2-1-5(3-12-6)16-4-13-8-7(16)9(17)15-10(18)14-8/h1-3H,4H2,(H2,14,15,17,18). The van der Waals surface area contributed by atoms with Crippen molar-refractivity contribution in [3.8, 4) is 6.01 Å². The van der Waals surface area contributed by atoms with E-state index in [0.29, 0.717) is 10.8 Å². The zero-order valence-electron chi connectivity index (χ0n) is 8.96. The zero-order chi connectivity index (χ0) is 12.7. The Bertz CT molecular complexity index is 654. The summed E-state index contributed by atoms with van der Waals surface area (Å²) in [4.78, 5) is 23.3. The second-order valence-electron chi connectivity index (χ2n) is 3.63. The van der Waals surface area contributed by atoms with Crippen molar-refractivity contribution in [2.45, 2.75) is 0 Å². The van der Waals surface area contributed by atoms with Crippen molar-refractivity contribution in [3.05, 3.63) is 33.8 Å². The van der Waals surface area contributed by atoms with E-state index in [1.165, 1.54) is 0 Å². The van der Waals surface area contributed by atoms with Crippen LogP contribution in [0.3, 0.4) is 0 Å². The van der Waals surface area contributed by atoms with Crippen LogP contribution in [0.4, 0.5) is 17.2 Å². The summed E-state index contributed by atoms with van der Waals surface area (Å²) in [5.41, 5.74) is 0.519. The Hall–Kier alpha value is -2.28. The maximum atomic E-state index is 11.8. The number of rotatable bonds is 1.